The van der Waals surface area contributed by atoms with Gasteiger partial charge in [0.2, 0.25) is 0 Å². The summed E-state index contributed by atoms with van der Waals surface area (Å²) >= 11 is 0. The fourth-order valence-electron chi connectivity index (χ4n) is 1.69. The molecule has 1 heterocycles. The van der Waals surface area contributed by atoms with Crippen LogP contribution in [0.5, 0.6) is 0 Å². The van der Waals surface area contributed by atoms with E-state index in [1.165, 1.54) is 6.07 Å². The van der Waals surface area contributed by atoms with Gasteiger partial charge in [-0.2, -0.15) is 0 Å². The maximum atomic E-state index is 13.2. The number of halogens is 1. The first kappa shape index (κ1) is 11.4. The standard InChI is InChI=1S/C13H14FN3/c1-3-6-17-8-16-12(13(17)15)10-4-5-11(14)9(2)7-10/h3-5,7-8H,1,6,15H2,2H3. The Bertz CT molecular complexity index is 558. The number of rotatable bonds is 3. The number of allylic oxidation sites excluding steroid dienone is 1. The summed E-state index contributed by atoms with van der Waals surface area (Å²) < 4.78 is 15.0. The highest BCUT2D eigenvalue weighted by molar-refractivity contribution is 5.70. The number of nitrogens with zero attached hydrogens (tertiary/aromatic N) is 2. The van der Waals surface area contributed by atoms with Gasteiger partial charge in [-0.25, -0.2) is 9.37 Å². The Morgan fingerprint density at radius 2 is 2.29 bits per heavy atom. The van der Waals surface area contributed by atoms with Crippen LogP contribution in [0.15, 0.2) is 37.2 Å². The highest BCUT2D eigenvalue weighted by atomic mass is 19.1. The van der Waals surface area contributed by atoms with Gasteiger partial charge in [0, 0.05) is 12.1 Å². The first-order valence-corrected chi connectivity index (χ1v) is 5.31. The molecule has 0 saturated heterocycles. The van der Waals surface area contributed by atoms with Crippen molar-refractivity contribution >= 4 is 5.82 Å². The average Bonchev–Trinajstić information content (AvgIpc) is 2.66. The Kier molecular flexibility index (Phi) is 2.95. The van der Waals surface area contributed by atoms with Crippen molar-refractivity contribution in [3.05, 3.63) is 48.6 Å². The first-order valence-electron chi connectivity index (χ1n) is 5.31. The summed E-state index contributed by atoms with van der Waals surface area (Å²) in [4.78, 5) is 4.24. The molecule has 88 valence electrons. The van der Waals surface area contributed by atoms with Crippen LogP contribution >= 0.6 is 0 Å². The van der Waals surface area contributed by atoms with Crippen molar-refractivity contribution in [3.63, 3.8) is 0 Å². The van der Waals surface area contributed by atoms with Gasteiger partial charge in [0.25, 0.3) is 0 Å². The van der Waals surface area contributed by atoms with Crippen molar-refractivity contribution in [1.29, 1.82) is 0 Å². The highest BCUT2D eigenvalue weighted by Crippen LogP contribution is 2.25. The number of aromatic nitrogens is 2. The molecule has 0 fully saturated rings. The molecule has 0 amide bonds. The lowest BCUT2D eigenvalue weighted by Crippen LogP contribution is -2.00. The maximum Gasteiger partial charge on any atom is 0.131 e. The van der Waals surface area contributed by atoms with Crippen molar-refractivity contribution in [2.75, 3.05) is 5.73 Å². The number of anilines is 1. The van der Waals surface area contributed by atoms with Crippen LogP contribution in [0.25, 0.3) is 11.3 Å². The first-order chi connectivity index (χ1) is 8.13. The van der Waals surface area contributed by atoms with Crippen LogP contribution in [0.1, 0.15) is 5.56 Å². The van der Waals surface area contributed by atoms with Crippen LogP contribution in [0, 0.1) is 12.7 Å². The van der Waals surface area contributed by atoms with Gasteiger partial charge in [-0.3, -0.25) is 0 Å². The summed E-state index contributed by atoms with van der Waals surface area (Å²) in [6.07, 6.45) is 3.41. The van der Waals surface area contributed by atoms with Gasteiger partial charge in [0.05, 0.1) is 6.33 Å². The van der Waals surface area contributed by atoms with Crippen LogP contribution in [0.3, 0.4) is 0 Å². The number of nitrogens with two attached hydrogens (primary N) is 1. The molecule has 0 aliphatic carbocycles. The lowest BCUT2D eigenvalue weighted by molar-refractivity contribution is 0.619. The molecule has 0 atom stereocenters. The lowest BCUT2D eigenvalue weighted by Gasteiger charge is -2.04. The van der Waals surface area contributed by atoms with E-state index in [9.17, 15) is 4.39 Å². The number of nitrogen functional groups attached to an aromatic ring is 1. The molecule has 0 aliphatic rings. The van der Waals surface area contributed by atoms with E-state index in [-0.39, 0.29) is 5.82 Å². The Balaban J connectivity index is 2.46. The number of hydrogen-bond acceptors (Lipinski definition) is 2. The molecule has 4 heteroatoms. The minimum Gasteiger partial charge on any atom is -0.383 e. The van der Waals surface area contributed by atoms with Gasteiger partial charge in [-0.15, -0.1) is 6.58 Å². The van der Waals surface area contributed by atoms with Gasteiger partial charge >= 0.3 is 0 Å². The van der Waals surface area contributed by atoms with Gasteiger partial charge < -0.3 is 10.3 Å². The van der Waals surface area contributed by atoms with Crippen molar-refractivity contribution in [2.45, 2.75) is 13.5 Å². The topological polar surface area (TPSA) is 43.8 Å². The summed E-state index contributed by atoms with van der Waals surface area (Å²) in [7, 11) is 0. The van der Waals surface area contributed by atoms with E-state index in [1.807, 2.05) is 0 Å². The van der Waals surface area contributed by atoms with Crippen LogP contribution in [-0.4, -0.2) is 9.55 Å². The normalized spacial score (nSPS) is 10.5. The molecule has 0 radical (unpaired) electrons. The molecule has 2 aromatic rings. The highest BCUT2D eigenvalue weighted by Gasteiger charge is 2.10. The van der Waals surface area contributed by atoms with Crippen LogP contribution in [-0.2, 0) is 6.54 Å². The van der Waals surface area contributed by atoms with Gasteiger partial charge in [0.15, 0.2) is 0 Å². The van der Waals surface area contributed by atoms with E-state index in [4.69, 9.17) is 5.73 Å². The lowest BCUT2D eigenvalue weighted by atomic mass is 10.1. The van der Waals surface area contributed by atoms with E-state index >= 15 is 0 Å². The zero-order valence-electron chi connectivity index (χ0n) is 9.65. The third kappa shape index (κ3) is 2.06. The maximum absolute atomic E-state index is 13.2. The Morgan fingerprint density at radius 3 is 2.94 bits per heavy atom. The van der Waals surface area contributed by atoms with Crippen LogP contribution in [0.2, 0.25) is 0 Å². The smallest absolute Gasteiger partial charge is 0.131 e. The second-order valence-corrected chi connectivity index (χ2v) is 3.88. The molecule has 0 saturated carbocycles. The molecule has 1 aromatic heterocycles. The molecule has 17 heavy (non-hydrogen) atoms. The molecular formula is C13H14FN3. The molecule has 2 rings (SSSR count). The van der Waals surface area contributed by atoms with Gasteiger partial charge in [0.1, 0.15) is 17.3 Å². The minimum atomic E-state index is -0.224. The van der Waals surface area contributed by atoms with Crippen molar-refractivity contribution in [3.8, 4) is 11.3 Å². The molecule has 1 aromatic carbocycles. The SMILES string of the molecule is C=CCn1cnc(-c2ccc(F)c(C)c2)c1N. The fraction of sp³-hybridized carbons (Fsp3) is 0.154. The third-order valence-electron chi connectivity index (χ3n) is 2.64. The summed E-state index contributed by atoms with van der Waals surface area (Å²) in [6, 6.07) is 4.85. The molecule has 2 N–H and O–H groups in total. The fourth-order valence-corrected chi connectivity index (χ4v) is 1.69. The predicted molar refractivity (Wildman–Crippen MR) is 67.0 cm³/mol. The zero-order valence-corrected chi connectivity index (χ0v) is 9.65. The van der Waals surface area contributed by atoms with Crippen LogP contribution < -0.4 is 5.73 Å². The quantitative estimate of drug-likeness (QED) is 0.825. The summed E-state index contributed by atoms with van der Waals surface area (Å²) in [5, 5.41) is 0. The molecule has 3 nitrogen and oxygen atoms in total. The van der Waals surface area contributed by atoms with Crippen molar-refractivity contribution < 1.29 is 4.39 Å². The van der Waals surface area contributed by atoms with Crippen molar-refractivity contribution in [2.24, 2.45) is 0 Å². The number of aryl methyl sites for hydroxylation is 1. The van der Waals surface area contributed by atoms with Gasteiger partial charge in [-0.1, -0.05) is 6.08 Å². The van der Waals surface area contributed by atoms with E-state index in [2.05, 4.69) is 11.6 Å². The minimum absolute atomic E-state index is 0.224. The van der Waals surface area contributed by atoms with E-state index < -0.39 is 0 Å². The number of imidazole rings is 1. The average molecular weight is 231 g/mol. The van der Waals surface area contributed by atoms with Gasteiger partial charge in [-0.05, 0) is 30.7 Å². The largest absolute Gasteiger partial charge is 0.383 e. The summed E-state index contributed by atoms with van der Waals surface area (Å²) in [5.74, 6) is 0.341. The molecule has 0 spiro atoms. The van der Waals surface area contributed by atoms with E-state index in [0.717, 1.165) is 5.56 Å². The Labute approximate surface area is 99.4 Å². The molecule has 0 unspecified atom stereocenters. The summed E-state index contributed by atoms with van der Waals surface area (Å²) in [5.41, 5.74) is 8.05. The second-order valence-electron chi connectivity index (χ2n) is 3.88. The zero-order chi connectivity index (χ0) is 12.4. The molecule has 0 bridgehead atoms. The molecule has 0 aliphatic heterocycles. The molecular weight excluding hydrogens is 217 g/mol. The number of hydrogen-bond donors (Lipinski definition) is 1. The monoisotopic (exact) mass is 231 g/mol. The Morgan fingerprint density at radius 1 is 1.53 bits per heavy atom. The third-order valence-corrected chi connectivity index (χ3v) is 2.64. The van der Waals surface area contributed by atoms with E-state index in [1.54, 1.807) is 36.0 Å². The summed E-state index contributed by atoms with van der Waals surface area (Å²) in [6.45, 7) is 5.98. The van der Waals surface area contributed by atoms with Crippen molar-refractivity contribution in [1.82, 2.24) is 9.55 Å². The van der Waals surface area contributed by atoms with Crippen LogP contribution in [0.4, 0.5) is 10.2 Å². The Hall–Kier alpha value is -2.10. The second kappa shape index (κ2) is 4.41. The predicted octanol–water partition coefficient (Wildman–Crippen LogP) is 2.77. The van der Waals surface area contributed by atoms with E-state index in [0.29, 0.717) is 23.6 Å². The number of benzene rings is 1.